The van der Waals surface area contributed by atoms with Crippen LogP contribution in [0.5, 0.6) is 0 Å². The minimum Gasteiger partial charge on any atom is -0.390 e. The van der Waals surface area contributed by atoms with Crippen LogP contribution in [-0.4, -0.2) is 63.0 Å². The van der Waals surface area contributed by atoms with Crippen LogP contribution in [0.25, 0.3) is 11.0 Å². The molecule has 248 valence electrons. The van der Waals surface area contributed by atoms with Gasteiger partial charge in [-0.1, -0.05) is 26.0 Å². The first kappa shape index (κ1) is 35.2. The Hall–Kier alpha value is -2.67. The quantitative estimate of drug-likeness (QED) is 0.0801. The molecule has 3 heterocycles. The molecule has 7 N–H and O–H groups in total. The van der Waals surface area contributed by atoms with Gasteiger partial charge >= 0.3 is 23.5 Å². The lowest BCUT2D eigenvalue weighted by molar-refractivity contribution is -0.386. The third-order valence-corrected chi connectivity index (χ3v) is 10.3. The first-order valence-electron chi connectivity index (χ1n) is 12.9. The SMILES string of the molecule is CC(C)C(OCc1cn([C@H]2C[C@@H](O)[C@@H](COP(=O)(O)OP(=O)(O)OP(=O)(O)O)O2)c2ncnc(N)c12)c1ccccc1[N+](=O)[O-]. The molecule has 3 unspecified atom stereocenters. The number of anilines is 1. The van der Waals surface area contributed by atoms with Crippen molar-refractivity contribution in [3.8, 4) is 0 Å². The average molecular weight is 697 g/mol. The number of rotatable bonds is 14. The Balaban J connectivity index is 1.52. The molecule has 2 aromatic heterocycles. The van der Waals surface area contributed by atoms with Gasteiger partial charge in [0.25, 0.3) is 5.69 Å². The number of para-hydroxylation sites is 1. The number of nitrogen functional groups attached to an aromatic ring is 1. The number of nitrogens with zero attached hydrogens (tertiary/aromatic N) is 4. The summed E-state index contributed by atoms with van der Waals surface area (Å²) in [6.07, 6.45) is -1.54. The lowest BCUT2D eigenvalue weighted by Gasteiger charge is -2.22. The largest absolute Gasteiger partial charge is 0.490 e. The molecule has 3 aromatic rings. The number of nitro groups is 1. The van der Waals surface area contributed by atoms with Crippen molar-refractivity contribution in [3.63, 3.8) is 0 Å². The summed E-state index contributed by atoms with van der Waals surface area (Å²) in [6.45, 7) is 2.75. The molecule has 20 nitrogen and oxygen atoms in total. The fourth-order valence-electron chi connectivity index (χ4n) is 4.74. The number of phosphoric acid groups is 3. The van der Waals surface area contributed by atoms with Crippen LogP contribution in [0.1, 0.15) is 43.7 Å². The van der Waals surface area contributed by atoms with E-state index in [2.05, 4.69) is 23.1 Å². The normalized spacial score (nSPS) is 22.4. The minimum atomic E-state index is -5.73. The Morgan fingerprint density at radius 3 is 2.47 bits per heavy atom. The molecular weight excluding hydrogens is 667 g/mol. The molecule has 1 aliphatic heterocycles. The molecule has 0 bridgehead atoms. The van der Waals surface area contributed by atoms with E-state index in [4.69, 9.17) is 25.0 Å². The van der Waals surface area contributed by atoms with Gasteiger partial charge in [0.1, 0.15) is 30.1 Å². The highest BCUT2D eigenvalue weighted by Crippen LogP contribution is 2.66. The number of phosphoric ester groups is 1. The van der Waals surface area contributed by atoms with Gasteiger partial charge in [-0.05, 0) is 12.0 Å². The highest BCUT2D eigenvalue weighted by molar-refractivity contribution is 7.66. The second-order valence-electron chi connectivity index (χ2n) is 10.1. The number of benzene rings is 1. The van der Waals surface area contributed by atoms with Crippen LogP contribution in [-0.2, 0) is 42.9 Å². The van der Waals surface area contributed by atoms with E-state index in [0.717, 1.165) is 0 Å². The van der Waals surface area contributed by atoms with Crippen LogP contribution < -0.4 is 5.73 Å². The predicted molar refractivity (Wildman–Crippen MR) is 152 cm³/mol. The number of nitrogens with two attached hydrogens (primary N) is 1. The predicted octanol–water partition coefficient (Wildman–Crippen LogP) is 2.83. The van der Waals surface area contributed by atoms with E-state index < -0.39 is 59.5 Å². The van der Waals surface area contributed by atoms with E-state index in [1.54, 1.807) is 24.4 Å². The number of hydrogen-bond donors (Lipinski definition) is 6. The number of aliphatic hydroxyl groups is 1. The van der Waals surface area contributed by atoms with Crippen LogP contribution in [0, 0.1) is 16.0 Å². The van der Waals surface area contributed by atoms with Crippen molar-refractivity contribution in [2.75, 3.05) is 12.3 Å². The molecule has 1 saturated heterocycles. The number of fused-ring (bicyclic) bond motifs is 1. The molecule has 0 aliphatic carbocycles. The molecular formula is C22H30N5O15P3. The zero-order valence-corrected chi connectivity index (χ0v) is 26.2. The van der Waals surface area contributed by atoms with E-state index in [0.29, 0.717) is 16.5 Å². The molecule has 4 rings (SSSR count). The molecule has 1 aliphatic rings. The van der Waals surface area contributed by atoms with Crippen molar-refractivity contribution < 1.29 is 65.9 Å². The number of nitro benzene ring substituents is 1. The van der Waals surface area contributed by atoms with E-state index in [1.165, 1.54) is 17.0 Å². The molecule has 6 atom stereocenters. The fourth-order valence-corrected chi connectivity index (χ4v) is 7.77. The van der Waals surface area contributed by atoms with Gasteiger partial charge in [-0.2, -0.15) is 8.62 Å². The zero-order chi connectivity index (χ0) is 33.3. The molecule has 0 amide bonds. The highest BCUT2D eigenvalue weighted by Gasteiger charge is 2.43. The van der Waals surface area contributed by atoms with Gasteiger partial charge in [-0.25, -0.2) is 23.7 Å². The number of ether oxygens (including phenoxy) is 2. The summed E-state index contributed by atoms with van der Waals surface area (Å²) in [7, 11) is -16.8. The second kappa shape index (κ2) is 13.6. The summed E-state index contributed by atoms with van der Waals surface area (Å²) in [5, 5.41) is 22.6. The second-order valence-corrected chi connectivity index (χ2v) is 14.5. The summed E-state index contributed by atoms with van der Waals surface area (Å²) >= 11 is 0. The van der Waals surface area contributed by atoms with E-state index in [-0.39, 0.29) is 36.1 Å². The molecule has 23 heteroatoms. The minimum absolute atomic E-state index is 0.0826. The Bertz CT molecular complexity index is 1700. The molecule has 0 spiro atoms. The maximum atomic E-state index is 12.1. The maximum absolute atomic E-state index is 12.1. The van der Waals surface area contributed by atoms with Crippen LogP contribution >= 0.6 is 23.5 Å². The third kappa shape index (κ3) is 8.78. The monoisotopic (exact) mass is 697 g/mol. The summed E-state index contributed by atoms with van der Waals surface area (Å²) in [6, 6.07) is 6.22. The van der Waals surface area contributed by atoms with Crippen LogP contribution in [0.2, 0.25) is 0 Å². The van der Waals surface area contributed by atoms with Crippen molar-refractivity contribution in [1.82, 2.24) is 14.5 Å². The van der Waals surface area contributed by atoms with Gasteiger partial charge in [0.2, 0.25) is 0 Å². The molecule has 1 fully saturated rings. The number of hydrogen-bond acceptors (Lipinski definition) is 14. The Morgan fingerprint density at radius 2 is 1.82 bits per heavy atom. The standard InChI is InChI=1S/C22H30N5O15P3/c1-12(2)20(14-5-3-4-6-15(14)27(29)30)38-9-13-8-26(22-19(13)21(23)24-11-25-22)18-7-16(28)17(40-18)10-39-44(34,35)42-45(36,37)41-43(31,32)33/h3-6,8,11-12,16-18,20,28H,7,9-10H2,1-2H3,(H,34,35)(H,36,37)(H2,23,24,25)(H2,31,32,33)/t16-,17-,18-,20?/m1/s1. The first-order valence-corrected chi connectivity index (χ1v) is 17.5. The summed E-state index contributed by atoms with van der Waals surface area (Å²) in [5.74, 6) is -0.0800. The smallest absolute Gasteiger partial charge is 0.390 e. The first-order chi connectivity index (χ1) is 20.9. The average Bonchev–Trinajstić information content (AvgIpc) is 3.46. The lowest BCUT2D eigenvalue weighted by Crippen LogP contribution is -2.26. The van der Waals surface area contributed by atoms with Crippen molar-refractivity contribution in [3.05, 3.63) is 58.0 Å². The van der Waals surface area contributed by atoms with Gasteiger partial charge in [0, 0.05) is 24.2 Å². The number of aromatic nitrogens is 3. The van der Waals surface area contributed by atoms with Gasteiger partial charge in [-0.15, -0.1) is 0 Å². The van der Waals surface area contributed by atoms with Gasteiger partial charge in [0.05, 0.1) is 41.3 Å². The Labute approximate surface area is 254 Å². The maximum Gasteiger partial charge on any atom is 0.490 e. The molecule has 0 saturated carbocycles. The van der Waals surface area contributed by atoms with Gasteiger partial charge < -0.3 is 44.5 Å². The van der Waals surface area contributed by atoms with E-state index in [1.807, 2.05) is 13.8 Å². The molecule has 1 aromatic carbocycles. The highest BCUT2D eigenvalue weighted by atomic mass is 31.3. The topological polar surface area (TPSA) is 298 Å². The van der Waals surface area contributed by atoms with Crippen LogP contribution in [0.3, 0.4) is 0 Å². The Morgan fingerprint density at radius 1 is 1.13 bits per heavy atom. The third-order valence-electron chi connectivity index (χ3n) is 6.51. The summed E-state index contributed by atoms with van der Waals surface area (Å²) in [5.41, 5.74) is 7.20. The number of aliphatic hydroxyl groups excluding tert-OH is 1. The fraction of sp³-hybridized carbons (Fsp3) is 0.455. The van der Waals surface area contributed by atoms with Crippen LogP contribution in [0.15, 0.2) is 36.8 Å². The Kier molecular flexibility index (Phi) is 10.6. The molecule has 45 heavy (non-hydrogen) atoms. The summed E-state index contributed by atoms with van der Waals surface area (Å²) < 4.78 is 59.9. The molecule has 0 radical (unpaired) electrons. The van der Waals surface area contributed by atoms with Crippen molar-refractivity contribution in [1.29, 1.82) is 0 Å². The zero-order valence-electron chi connectivity index (χ0n) is 23.5. The van der Waals surface area contributed by atoms with Gasteiger partial charge in [-0.3, -0.25) is 14.6 Å². The van der Waals surface area contributed by atoms with Gasteiger partial charge in [0.15, 0.2) is 0 Å². The van der Waals surface area contributed by atoms with Crippen molar-refractivity contribution >= 4 is 46.0 Å². The van der Waals surface area contributed by atoms with Crippen molar-refractivity contribution in [2.24, 2.45) is 5.92 Å². The lowest BCUT2D eigenvalue weighted by atomic mass is 9.97. The van der Waals surface area contributed by atoms with E-state index in [9.17, 15) is 38.7 Å². The van der Waals surface area contributed by atoms with E-state index >= 15 is 0 Å². The van der Waals surface area contributed by atoms with Crippen LogP contribution in [0.4, 0.5) is 11.5 Å². The summed E-state index contributed by atoms with van der Waals surface area (Å²) in [4.78, 5) is 55.8. The van der Waals surface area contributed by atoms with Crippen molar-refractivity contribution in [2.45, 2.75) is 51.4 Å².